The Kier molecular flexibility index (Phi) is 5.91. The van der Waals surface area contributed by atoms with Gasteiger partial charge in [-0.3, -0.25) is 0 Å². The molecule has 4 unspecified atom stereocenters. The van der Waals surface area contributed by atoms with Crippen LogP contribution in [-0.4, -0.2) is 34.0 Å². The van der Waals surface area contributed by atoms with E-state index in [1.165, 1.54) is 37.3 Å². The van der Waals surface area contributed by atoms with Gasteiger partial charge in [-0.05, 0) is 50.3 Å². The molecule has 23 heavy (non-hydrogen) atoms. The number of fused-ring (bicyclic) bond motifs is 1. The molecule has 1 aromatic carbocycles. The zero-order valence-electron chi connectivity index (χ0n) is 14.5. The van der Waals surface area contributed by atoms with Crippen LogP contribution in [0.1, 0.15) is 45.4 Å². The van der Waals surface area contributed by atoms with Crippen LogP contribution in [0.3, 0.4) is 0 Å². The standard InChI is InChI=1S/C19H30O3Si/c1-3-20-23(2,17-10-5-4-6-11-17)21-14-8-7-9-16-12-13-18-19(15-16)22-18/h4-6,10-11,16,18-19H,3,7-9,12-15H2,1-2H3. The van der Waals surface area contributed by atoms with Gasteiger partial charge in [0.15, 0.2) is 0 Å². The predicted octanol–water partition coefficient (Wildman–Crippen LogP) is 3.76. The van der Waals surface area contributed by atoms with Crippen LogP contribution < -0.4 is 5.19 Å². The molecule has 0 aromatic heterocycles. The van der Waals surface area contributed by atoms with E-state index >= 15 is 0 Å². The van der Waals surface area contributed by atoms with Gasteiger partial charge in [0.2, 0.25) is 0 Å². The monoisotopic (exact) mass is 334 g/mol. The molecule has 0 bridgehead atoms. The van der Waals surface area contributed by atoms with Crippen LogP contribution in [0.5, 0.6) is 0 Å². The third kappa shape index (κ3) is 4.66. The zero-order valence-corrected chi connectivity index (χ0v) is 15.5. The van der Waals surface area contributed by atoms with Gasteiger partial charge in [-0.25, -0.2) is 0 Å². The van der Waals surface area contributed by atoms with E-state index in [1.54, 1.807) is 0 Å². The molecule has 0 N–H and O–H groups in total. The normalized spacial score (nSPS) is 28.9. The molecular formula is C19H30O3Si. The summed E-state index contributed by atoms with van der Waals surface area (Å²) in [4.78, 5) is 0. The minimum Gasteiger partial charge on any atom is -0.391 e. The van der Waals surface area contributed by atoms with Gasteiger partial charge >= 0.3 is 8.56 Å². The van der Waals surface area contributed by atoms with Crippen LogP contribution in [0, 0.1) is 5.92 Å². The Morgan fingerprint density at radius 1 is 1.09 bits per heavy atom. The molecular weight excluding hydrogens is 304 g/mol. The van der Waals surface area contributed by atoms with Gasteiger partial charge in [0.05, 0.1) is 12.2 Å². The highest BCUT2D eigenvalue weighted by atomic mass is 28.4. The molecule has 128 valence electrons. The molecule has 1 saturated heterocycles. The number of benzene rings is 1. The average Bonchev–Trinajstić information content (AvgIpc) is 3.34. The summed E-state index contributed by atoms with van der Waals surface area (Å²) in [7, 11) is -2.24. The lowest BCUT2D eigenvalue weighted by Crippen LogP contribution is -2.51. The molecule has 2 aliphatic rings. The summed E-state index contributed by atoms with van der Waals surface area (Å²) in [5.41, 5.74) is 0. The van der Waals surface area contributed by atoms with E-state index < -0.39 is 8.56 Å². The Labute approximate surface area is 141 Å². The van der Waals surface area contributed by atoms with Gasteiger partial charge in [0, 0.05) is 13.2 Å². The summed E-state index contributed by atoms with van der Waals surface area (Å²) in [6, 6.07) is 10.5. The maximum atomic E-state index is 6.27. The highest BCUT2D eigenvalue weighted by Crippen LogP contribution is 2.41. The number of rotatable bonds is 9. The fourth-order valence-corrected chi connectivity index (χ4v) is 6.07. The first-order valence-corrected chi connectivity index (χ1v) is 11.5. The molecule has 3 rings (SSSR count). The van der Waals surface area contributed by atoms with E-state index in [1.807, 2.05) is 13.0 Å². The maximum Gasteiger partial charge on any atom is 0.369 e. The summed E-state index contributed by atoms with van der Waals surface area (Å²) >= 11 is 0. The second kappa shape index (κ2) is 7.93. The van der Waals surface area contributed by atoms with Gasteiger partial charge in [-0.15, -0.1) is 0 Å². The Bertz CT molecular complexity index is 481. The molecule has 0 amide bonds. The zero-order chi connectivity index (χ0) is 16.1. The van der Waals surface area contributed by atoms with Crippen molar-refractivity contribution in [3.8, 4) is 0 Å². The first-order valence-electron chi connectivity index (χ1n) is 9.20. The quantitative estimate of drug-likeness (QED) is 0.391. The number of ether oxygens (including phenoxy) is 1. The summed E-state index contributed by atoms with van der Waals surface area (Å²) in [6.07, 6.45) is 8.89. The van der Waals surface area contributed by atoms with Crippen molar-refractivity contribution < 1.29 is 13.6 Å². The van der Waals surface area contributed by atoms with Crippen molar-refractivity contribution in [1.29, 1.82) is 0 Å². The van der Waals surface area contributed by atoms with E-state index in [-0.39, 0.29) is 0 Å². The van der Waals surface area contributed by atoms with Crippen molar-refractivity contribution >= 4 is 13.7 Å². The number of unbranched alkanes of at least 4 members (excludes halogenated alkanes) is 1. The smallest absolute Gasteiger partial charge is 0.369 e. The lowest BCUT2D eigenvalue weighted by Gasteiger charge is -2.27. The Balaban J connectivity index is 1.38. The van der Waals surface area contributed by atoms with E-state index in [0.29, 0.717) is 18.8 Å². The molecule has 1 aliphatic carbocycles. The summed E-state index contributed by atoms with van der Waals surface area (Å²) < 4.78 is 17.9. The van der Waals surface area contributed by atoms with Crippen LogP contribution in [0.25, 0.3) is 0 Å². The predicted molar refractivity (Wildman–Crippen MR) is 95.1 cm³/mol. The lowest BCUT2D eigenvalue weighted by molar-refractivity contribution is 0.187. The van der Waals surface area contributed by atoms with Crippen molar-refractivity contribution in [2.45, 2.75) is 64.2 Å². The number of hydrogen-bond donors (Lipinski definition) is 0. The highest BCUT2D eigenvalue weighted by molar-refractivity contribution is 6.79. The van der Waals surface area contributed by atoms with Crippen molar-refractivity contribution in [2.75, 3.05) is 13.2 Å². The fourth-order valence-electron chi connectivity index (χ4n) is 3.78. The van der Waals surface area contributed by atoms with Crippen molar-refractivity contribution in [2.24, 2.45) is 5.92 Å². The summed E-state index contributed by atoms with van der Waals surface area (Å²) in [6.45, 7) is 5.74. The first-order chi connectivity index (χ1) is 11.2. The lowest BCUT2D eigenvalue weighted by atomic mass is 9.86. The van der Waals surface area contributed by atoms with Crippen LogP contribution >= 0.6 is 0 Å². The summed E-state index contributed by atoms with van der Waals surface area (Å²) in [5, 5.41) is 1.23. The minimum absolute atomic E-state index is 0.608. The van der Waals surface area contributed by atoms with Crippen molar-refractivity contribution in [1.82, 2.24) is 0 Å². The van der Waals surface area contributed by atoms with E-state index in [4.69, 9.17) is 13.6 Å². The fraction of sp³-hybridized carbons (Fsp3) is 0.684. The minimum atomic E-state index is -2.24. The molecule has 0 radical (unpaired) electrons. The van der Waals surface area contributed by atoms with E-state index in [9.17, 15) is 0 Å². The molecule has 4 atom stereocenters. The van der Waals surface area contributed by atoms with Gasteiger partial charge in [0.1, 0.15) is 0 Å². The first kappa shape index (κ1) is 17.2. The summed E-state index contributed by atoms with van der Waals surface area (Å²) in [5.74, 6) is 0.878. The van der Waals surface area contributed by atoms with Gasteiger partial charge < -0.3 is 13.6 Å². The molecule has 2 fully saturated rings. The second-order valence-electron chi connectivity index (χ2n) is 6.98. The maximum absolute atomic E-state index is 6.27. The molecule has 1 heterocycles. The van der Waals surface area contributed by atoms with Gasteiger partial charge in [-0.1, -0.05) is 43.2 Å². The van der Waals surface area contributed by atoms with Crippen molar-refractivity contribution in [3.63, 3.8) is 0 Å². The average molecular weight is 335 g/mol. The molecule has 0 spiro atoms. The van der Waals surface area contributed by atoms with Crippen LogP contribution in [0.15, 0.2) is 30.3 Å². The molecule has 1 aromatic rings. The SMILES string of the molecule is CCO[Si](C)(OCCCCC1CCC2OC2C1)c1ccccc1. The second-order valence-corrected chi connectivity index (χ2v) is 10.0. The number of epoxide rings is 1. The van der Waals surface area contributed by atoms with Crippen molar-refractivity contribution in [3.05, 3.63) is 30.3 Å². The van der Waals surface area contributed by atoms with Gasteiger partial charge in [-0.2, -0.15) is 0 Å². The topological polar surface area (TPSA) is 31.0 Å². The molecule has 1 aliphatic heterocycles. The van der Waals surface area contributed by atoms with E-state index in [2.05, 4.69) is 30.8 Å². The largest absolute Gasteiger partial charge is 0.391 e. The van der Waals surface area contributed by atoms with E-state index in [0.717, 1.165) is 18.9 Å². The third-order valence-electron chi connectivity index (χ3n) is 5.21. The Morgan fingerprint density at radius 3 is 2.65 bits per heavy atom. The van der Waals surface area contributed by atoms with Crippen LogP contribution in [-0.2, 0) is 13.6 Å². The molecule has 4 heteroatoms. The number of hydrogen-bond acceptors (Lipinski definition) is 3. The third-order valence-corrected chi connectivity index (χ3v) is 8.19. The van der Waals surface area contributed by atoms with Crippen LogP contribution in [0.4, 0.5) is 0 Å². The van der Waals surface area contributed by atoms with Crippen LogP contribution in [0.2, 0.25) is 6.55 Å². The van der Waals surface area contributed by atoms with Gasteiger partial charge in [0.25, 0.3) is 0 Å². The highest BCUT2D eigenvalue weighted by Gasteiger charge is 2.43. The molecule has 3 nitrogen and oxygen atoms in total. The Hall–Kier alpha value is -0.683. The molecule has 1 saturated carbocycles. The Morgan fingerprint density at radius 2 is 1.91 bits per heavy atom.